The van der Waals surface area contributed by atoms with Gasteiger partial charge in [0.15, 0.2) is 0 Å². The summed E-state index contributed by atoms with van der Waals surface area (Å²) in [7, 11) is 0. The van der Waals surface area contributed by atoms with Crippen LogP contribution in [0.25, 0.3) is 0 Å². The van der Waals surface area contributed by atoms with E-state index in [4.69, 9.17) is 4.74 Å². The fraction of sp³-hybridized carbons (Fsp3) is 0.667. The molecule has 0 spiro atoms. The van der Waals surface area contributed by atoms with Crippen LogP contribution in [0.1, 0.15) is 27.7 Å². The molecule has 1 unspecified atom stereocenters. The maximum absolute atomic E-state index is 11.0. The van der Waals surface area contributed by atoms with E-state index in [-0.39, 0.29) is 11.9 Å². The van der Waals surface area contributed by atoms with Gasteiger partial charge in [-0.25, -0.2) is 0 Å². The van der Waals surface area contributed by atoms with Crippen LogP contribution >= 0.6 is 0 Å². The monoisotopic (exact) mass is 154 g/mol. The third-order valence-corrected chi connectivity index (χ3v) is 2.10. The number of carbonyl (C=O) groups is 1. The van der Waals surface area contributed by atoms with Crippen LogP contribution in [0.4, 0.5) is 0 Å². The second-order valence-electron chi connectivity index (χ2n) is 3.31. The van der Waals surface area contributed by atoms with Gasteiger partial charge in [-0.15, -0.1) is 0 Å². The minimum absolute atomic E-state index is 0.0324. The molecule has 1 rings (SSSR count). The lowest BCUT2D eigenvalue weighted by molar-refractivity contribution is -0.139. The molecule has 0 aromatic heterocycles. The molecule has 2 nitrogen and oxygen atoms in total. The molecule has 0 amide bonds. The third-order valence-electron chi connectivity index (χ3n) is 2.10. The quantitative estimate of drug-likeness (QED) is 0.541. The molecule has 0 bridgehead atoms. The number of ether oxygens (including phenoxy) is 1. The average Bonchev–Trinajstić information content (AvgIpc) is 2.07. The number of cyclic esters (lactones) is 1. The van der Waals surface area contributed by atoms with Gasteiger partial charge >= 0.3 is 5.97 Å². The topological polar surface area (TPSA) is 26.3 Å². The molecule has 0 saturated carbocycles. The maximum Gasteiger partial charge on any atom is 0.317 e. The molecule has 0 saturated heterocycles. The van der Waals surface area contributed by atoms with E-state index in [2.05, 4.69) is 13.8 Å². The fourth-order valence-corrected chi connectivity index (χ4v) is 1.64. The summed E-state index contributed by atoms with van der Waals surface area (Å²) in [5, 5.41) is 0. The summed E-state index contributed by atoms with van der Waals surface area (Å²) in [6, 6.07) is 0. The van der Waals surface area contributed by atoms with Crippen molar-refractivity contribution in [3.8, 4) is 0 Å². The normalized spacial score (nSPS) is 24.8. The van der Waals surface area contributed by atoms with Gasteiger partial charge < -0.3 is 4.74 Å². The van der Waals surface area contributed by atoms with Gasteiger partial charge in [0.25, 0.3) is 0 Å². The molecular weight excluding hydrogens is 140 g/mol. The summed E-state index contributed by atoms with van der Waals surface area (Å²) in [6.07, 6.45) is 0. The lowest BCUT2D eigenvalue weighted by Gasteiger charge is -2.08. The molecule has 1 atom stereocenters. The van der Waals surface area contributed by atoms with Crippen LogP contribution in [-0.4, -0.2) is 5.97 Å². The summed E-state index contributed by atoms with van der Waals surface area (Å²) in [6.45, 7) is 7.92. The Morgan fingerprint density at radius 2 is 2.00 bits per heavy atom. The van der Waals surface area contributed by atoms with Crippen LogP contribution < -0.4 is 0 Å². The summed E-state index contributed by atoms with van der Waals surface area (Å²) in [5.74, 6) is 1.08. The summed E-state index contributed by atoms with van der Waals surface area (Å²) in [4.78, 5) is 11.0. The Labute approximate surface area is 67.2 Å². The lowest BCUT2D eigenvalue weighted by atomic mass is 9.92. The SMILES string of the molecule is CC1=C(C(C)C)C(C)C(=O)O1. The van der Waals surface area contributed by atoms with Gasteiger partial charge in [-0.2, -0.15) is 0 Å². The van der Waals surface area contributed by atoms with Crippen LogP contribution in [-0.2, 0) is 9.53 Å². The number of allylic oxidation sites excluding steroid dienone is 1. The molecule has 1 heterocycles. The molecule has 62 valence electrons. The number of hydrogen-bond donors (Lipinski definition) is 0. The lowest BCUT2D eigenvalue weighted by Crippen LogP contribution is -2.09. The van der Waals surface area contributed by atoms with E-state index in [1.807, 2.05) is 13.8 Å². The predicted octanol–water partition coefficient (Wildman–Crippen LogP) is 2.11. The fourth-order valence-electron chi connectivity index (χ4n) is 1.64. The van der Waals surface area contributed by atoms with Gasteiger partial charge in [0.2, 0.25) is 0 Å². The Kier molecular flexibility index (Phi) is 2.03. The summed E-state index contributed by atoms with van der Waals surface area (Å²) in [5.41, 5.74) is 1.15. The third kappa shape index (κ3) is 1.30. The Balaban J connectivity index is 2.91. The smallest absolute Gasteiger partial charge is 0.317 e. The van der Waals surface area contributed by atoms with Crippen LogP contribution in [0.15, 0.2) is 11.3 Å². The average molecular weight is 154 g/mol. The minimum atomic E-state index is -0.105. The molecule has 11 heavy (non-hydrogen) atoms. The van der Waals surface area contributed by atoms with Crippen molar-refractivity contribution in [2.75, 3.05) is 0 Å². The molecule has 0 aliphatic carbocycles. The molecule has 2 heteroatoms. The summed E-state index contributed by atoms with van der Waals surface area (Å²) < 4.78 is 4.99. The molecule has 1 aliphatic rings. The number of hydrogen-bond acceptors (Lipinski definition) is 2. The van der Waals surface area contributed by atoms with E-state index >= 15 is 0 Å². The van der Waals surface area contributed by atoms with Crippen molar-refractivity contribution < 1.29 is 9.53 Å². The zero-order valence-electron chi connectivity index (χ0n) is 7.47. The molecule has 0 aromatic carbocycles. The van der Waals surface area contributed by atoms with Crippen LogP contribution in [0, 0.1) is 11.8 Å². The zero-order chi connectivity index (χ0) is 8.59. The van der Waals surface area contributed by atoms with Crippen LogP contribution in [0.5, 0.6) is 0 Å². The van der Waals surface area contributed by atoms with E-state index in [9.17, 15) is 4.79 Å². The van der Waals surface area contributed by atoms with Crippen LogP contribution in [0.3, 0.4) is 0 Å². The number of esters is 1. The first-order chi connectivity index (χ1) is 5.04. The van der Waals surface area contributed by atoms with Crippen molar-refractivity contribution in [1.29, 1.82) is 0 Å². The maximum atomic E-state index is 11.0. The second-order valence-corrected chi connectivity index (χ2v) is 3.31. The number of carbonyl (C=O) groups excluding carboxylic acids is 1. The Morgan fingerprint density at radius 3 is 2.18 bits per heavy atom. The largest absolute Gasteiger partial charge is 0.431 e. The molecule has 0 N–H and O–H groups in total. The predicted molar refractivity (Wildman–Crippen MR) is 42.8 cm³/mol. The van der Waals surface area contributed by atoms with Crippen molar-refractivity contribution in [3.05, 3.63) is 11.3 Å². The van der Waals surface area contributed by atoms with Gasteiger partial charge in [0, 0.05) is 0 Å². The number of rotatable bonds is 1. The van der Waals surface area contributed by atoms with Crippen molar-refractivity contribution in [1.82, 2.24) is 0 Å². The van der Waals surface area contributed by atoms with Crippen molar-refractivity contribution in [3.63, 3.8) is 0 Å². The highest BCUT2D eigenvalue weighted by atomic mass is 16.5. The van der Waals surface area contributed by atoms with E-state index in [1.54, 1.807) is 0 Å². The Morgan fingerprint density at radius 1 is 1.45 bits per heavy atom. The molecule has 0 aromatic rings. The molecule has 0 fully saturated rings. The van der Waals surface area contributed by atoms with Gasteiger partial charge in [0.05, 0.1) is 5.92 Å². The molecule has 1 aliphatic heterocycles. The highest BCUT2D eigenvalue weighted by molar-refractivity contribution is 5.79. The van der Waals surface area contributed by atoms with Crippen LogP contribution in [0.2, 0.25) is 0 Å². The first kappa shape index (κ1) is 8.31. The standard InChI is InChI=1S/C9H14O2/c1-5(2)8-6(3)9(10)11-7(8)4/h5-6H,1-4H3. The van der Waals surface area contributed by atoms with Gasteiger partial charge in [-0.3, -0.25) is 4.79 Å². The highest BCUT2D eigenvalue weighted by Crippen LogP contribution is 2.31. The van der Waals surface area contributed by atoms with Crippen molar-refractivity contribution in [2.24, 2.45) is 11.8 Å². The first-order valence-corrected chi connectivity index (χ1v) is 3.96. The van der Waals surface area contributed by atoms with Gasteiger partial charge in [0.1, 0.15) is 5.76 Å². The molecule has 0 radical (unpaired) electrons. The summed E-state index contributed by atoms with van der Waals surface area (Å²) >= 11 is 0. The van der Waals surface area contributed by atoms with Gasteiger partial charge in [-0.05, 0) is 25.3 Å². The Hall–Kier alpha value is -0.790. The van der Waals surface area contributed by atoms with E-state index < -0.39 is 0 Å². The molecular formula is C9H14O2. The van der Waals surface area contributed by atoms with E-state index in [0.717, 1.165) is 11.3 Å². The van der Waals surface area contributed by atoms with E-state index in [0.29, 0.717) is 5.92 Å². The van der Waals surface area contributed by atoms with E-state index in [1.165, 1.54) is 0 Å². The van der Waals surface area contributed by atoms with Gasteiger partial charge in [-0.1, -0.05) is 13.8 Å². The minimum Gasteiger partial charge on any atom is -0.431 e. The second kappa shape index (κ2) is 2.68. The Bertz CT molecular complexity index is 214. The zero-order valence-corrected chi connectivity index (χ0v) is 7.47. The van der Waals surface area contributed by atoms with Crippen molar-refractivity contribution in [2.45, 2.75) is 27.7 Å². The highest BCUT2D eigenvalue weighted by Gasteiger charge is 2.31. The first-order valence-electron chi connectivity index (χ1n) is 3.96. The van der Waals surface area contributed by atoms with Crippen molar-refractivity contribution >= 4 is 5.97 Å².